The molecule has 2 N–H and O–H groups in total. The molecule has 156 valence electrons. The van der Waals surface area contributed by atoms with E-state index in [4.69, 9.17) is 4.74 Å². The predicted octanol–water partition coefficient (Wildman–Crippen LogP) is 1.65. The van der Waals surface area contributed by atoms with Gasteiger partial charge in [-0.25, -0.2) is 9.78 Å². The molecule has 4 rings (SSSR count). The third-order valence-electron chi connectivity index (χ3n) is 4.84. The Morgan fingerprint density at radius 2 is 1.97 bits per heavy atom. The molecule has 1 aliphatic rings. The summed E-state index contributed by atoms with van der Waals surface area (Å²) in [5.41, 5.74) is 3.41. The molecule has 0 aliphatic carbocycles. The number of rotatable bonds is 4. The SMILES string of the molecule is O=C(C#Cc1cnccc1-c1cnc(=O)[nH]c1)Nc1ccc(CN2CCOCC2)cc1. The van der Waals surface area contributed by atoms with Crippen LogP contribution in [-0.2, 0) is 16.1 Å². The van der Waals surface area contributed by atoms with Gasteiger partial charge in [0.05, 0.1) is 18.8 Å². The van der Waals surface area contributed by atoms with Crippen LogP contribution in [0.2, 0.25) is 0 Å². The number of anilines is 1. The summed E-state index contributed by atoms with van der Waals surface area (Å²) in [5.74, 6) is 5.02. The van der Waals surface area contributed by atoms with Crippen molar-refractivity contribution < 1.29 is 9.53 Å². The van der Waals surface area contributed by atoms with Crippen LogP contribution in [0.1, 0.15) is 11.1 Å². The molecular weight excluding hydrogens is 394 g/mol. The normalized spacial score (nSPS) is 13.8. The van der Waals surface area contributed by atoms with E-state index in [1.165, 1.54) is 11.8 Å². The third kappa shape index (κ3) is 5.63. The monoisotopic (exact) mass is 415 g/mol. The number of benzene rings is 1. The Kier molecular flexibility index (Phi) is 6.47. The lowest BCUT2D eigenvalue weighted by Gasteiger charge is -2.26. The smallest absolute Gasteiger partial charge is 0.344 e. The maximum absolute atomic E-state index is 12.3. The predicted molar refractivity (Wildman–Crippen MR) is 116 cm³/mol. The zero-order valence-corrected chi connectivity index (χ0v) is 16.8. The number of amides is 1. The van der Waals surface area contributed by atoms with E-state index in [0.717, 1.165) is 38.4 Å². The summed E-state index contributed by atoms with van der Waals surface area (Å²) in [6, 6.07) is 9.50. The summed E-state index contributed by atoms with van der Waals surface area (Å²) < 4.78 is 5.37. The fourth-order valence-electron chi connectivity index (χ4n) is 3.23. The summed E-state index contributed by atoms with van der Waals surface area (Å²) in [5, 5.41) is 2.78. The van der Waals surface area contributed by atoms with Crippen molar-refractivity contribution >= 4 is 11.6 Å². The fourth-order valence-corrected chi connectivity index (χ4v) is 3.23. The first-order valence-electron chi connectivity index (χ1n) is 9.88. The van der Waals surface area contributed by atoms with Gasteiger partial charge in [0.15, 0.2) is 0 Å². The molecule has 3 aromatic rings. The highest BCUT2D eigenvalue weighted by Crippen LogP contribution is 2.20. The number of H-pyrrole nitrogens is 1. The average Bonchev–Trinajstić information content (AvgIpc) is 2.80. The molecule has 0 bridgehead atoms. The van der Waals surface area contributed by atoms with E-state index in [0.29, 0.717) is 16.8 Å². The maximum atomic E-state index is 12.3. The number of nitrogens with one attached hydrogen (secondary N) is 2. The molecule has 0 unspecified atom stereocenters. The first-order chi connectivity index (χ1) is 15.2. The number of aromatic nitrogens is 3. The zero-order valence-electron chi connectivity index (χ0n) is 16.8. The second-order valence-electron chi connectivity index (χ2n) is 7.02. The highest BCUT2D eigenvalue weighted by Gasteiger charge is 2.10. The zero-order chi connectivity index (χ0) is 21.5. The van der Waals surface area contributed by atoms with Crippen molar-refractivity contribution in [2.24, 2.45) is 0 Å². The Morgan fingerprint density at radius 1 is 1.16 bits per heavy atom. The molecule has 1 fully saturated rings. The second kappa shape index (κ2) is 9.80. The molecule has 3 heterocycles. The molecule has 8 nitrogen and oxygen atoms in total. The van der Waals surface area contributed by atoms with Crippen molar-refractivity contribution in [2.45, 2.75) is 6.54 Å². The van der Waals surface area contributed by atoms with Gasteiger partial charge in [0.1, 0.15) is 0 Å². The Balaban J connectivity index is 1.41. The Labute approximate surface area is 179 Å². The molecular formula is C23H21N5O3. The van der Waals surface area contributed by atoms with Gasteiger partial charge >= 0.3 is 11.6 Å². The number of pyridine rings is 1. The minimum atomic E-state index is -0.430. The van der Waals surface area contributed by atoms with E-state index in [1.54, 1.807) is 24.7 Å². The van der Waals surface area contributed by atoms with E-state index >= 15 is 0 Å². The fraction of sp³-hybridized carbons (Fsp3) is 0.217. The molecule has 31 heavy (non-hydrogen) atoms. The van der Waals surface area contributed by atoms with Gasteiger partial charge in [0, 0.05) is 67.2 Å². The molecule has 0 saturated carbocycles. The first kappa shape index (κ1) is 20.5. The third-order valence-corrected chi connectivity index (χ3v) is 4.84. The van der Waals surface area contributed by atoms with Crippen LogP contribution in [0, 0.1) is 11.8 Å². The molecule has 1 saturated heterocycles. The van der Waals surface area contributed by atoms with Gasteiger partial charge in [-0.15, -0.1) is 0 Å². The van der Waals surface area contributed by atoms with E-state index < -0.39 is 11.6 Å². The van der Waals surface area contributed by atoms with Crippen LogP contribution in [0.5, 0.6) is 0 Å². The van der Waals surface area contributed by atoms with Crippen LogP contribution < -0.4 is 11.0 Å². The maximum Gasteiger partial charge on any atom is 0.344 e. The van der Waals surface area contributed by atoms with Crippen LogP contribution in [0.4, 0.5) is 5.69 Å². The summed E-state index contributed by atoms with van der Waals surface area (Å²) in [7, 11) is 0. The van der Waals surface area contributed by atoms with Gasteiger partial charge in [-0.05, 0) is 23.8 Å². The molecule has 0 radical (unpaired) electrons. The van der Waals surface area contributed by atoms with Crippen molar-refractivity contribution in [2.75, 3.05) is 31.6 Å². The van der Waals surface area contributed by atoms with Crippen molar-refractivity contribution in [1.82, 2.24) is 19.9 Å². The number of aromatic amines is 1. The number of hydrogen-bond acceptors (Lipinski definition) is 6. The van der Waals surface area contributed by atoms with E-state index in [9.17, 15) is 9.59 Å². The Bertz CT molecular complexity index is 1150. The van der Waals surface area contributed by atoms with Gasteiger partial charge in [-0.3, -0.25) is 14.7 Å². The first-order valence-corrected chi connectivity index (χ1v) is 9.88. The van der Waals surface area contributed by atoms with Crippen molar-refractivity contribution in [3.8, 4) is 23.0 Å². The van der Waals surface area contributed by atoms with Crippen LogP contribution in [0.15, 0.2) is 59.9 Å². The van der Waals surface area contributed by atoms with Gasteiger partial charge in [0.2, 0.25) is 0 Å². The van der Waals surface area contributed by atoms with Crippen molar-refractivity contribution in [3.05, 3.63) is 76.7 Å². The quantitative estimate of drug-likeness (QED) is 0.629. The van der Waals surface area contributed by atoms with E-state index in [2.05, 4.69) is 37.0 Å². The van der Waals surface area contributed by atoms with Gasteiger partial charge < -0.3 is 15.0 Å². The molecule has 8 heteroatoms. The minimum Gasteiger partial charge on any atom is -0.379 e. The topological polar surface area (TPSA) is 100 Å². The van der Waals surface area contributed by atoms with Crippen LogP contribution in [0.25, 0.3) is 11.1 Å². The summed E-state index contributed by atoms with van der Waals surface area (Å²) in [6.45, 7) is 4.26. The summed E-state index contributed by atoms with van der Waals surface area (Å²) in [6.07, 6.45) is 6.19. The largest absolute Gasteiger partial charge is 0.379 e. The minimum absolute atomic E-state index is 0.421. The lowest BCUT2D eigenvalue weighted by atomic mass is 10.1. The number of nitrogens with zero attached hydrogens (tertiary/aromatic N) is 3. The number of hydrogen-bond donors (Lipinski definition) is 2. The van der Waals surface area contributed by atoms with Crippen molar-refractivity contribution in [1.29, 1.82) is 0 Å². The summed E-state index contributed by atoms with van der Waals surface area (Å²) >= 11 is 0. The standard InChI is InChI=1S/C23H21N5O3/c29-22(27-20-4-1-17(2-5-20)16-28-9-11-31-12-10-28)6-3-18-13-24-8-7-21(18)19-14-25-23(30)26-15-19/h1-2,4-5,7-8,13-15H,9-12,16H2,(H,27,29)(H,25,26,30). The van der Waals surface area contributed by atoms with E-state index in [1.807, 2.05) is 24.3 Å². The number of carbonyl (C=O) groups excluding carboxylic acids is 1. The van der Waals surface area contributed by atoms with Gasteiger partial charge in [-0.2, -0.15) is 0 Å². The highest BCUT2D eigenvalue weighted by atomic mass is 16.5. The molecule has 1 aromatic carbocycles. The number of carbonyl (C=O) groups is 1. The second-order valence-corrected chi connectivity index (χ2v) is 7.02. The highest BCUT2D eigenvalue weighted by molar-refractivity contribution is 6.04. The number of ether oxygens (including phenoxy) is 1. The lowest BCUT2D eigenvalue weighted by Crippen LogP contribution is -2.35. The average molecular weight is 415 g/mol. The van der Waals surface area contributed by atoms with Gasteiger partial charge in [0.25, 0.3) is 0 Å². The Morgan fingerprint density at radius 3 is 2.71 bits per heavy atom. The van der Waals surface area contributed by atoms with Gasteiger partial charge in [-0.1, -0.05) is 18.1 Å². The van der Waals surface area contributed by atoms with Crippen LogP contribution >= 0.6 is 0 Å². The van der Waals surface area contributed by atoms with E-state index in [-0.39, 0.29) is 0 Å². The number of morpholine rings is 1. The van der Waals surface area contributed by atoms with Crippen LogP contribution in [-0.4, -0.2) is 52.1 Å². The van der Waals surface area contributed by atoms with Crippen LogP contribution in [0.3, 0.4) is 0 Å². The lowest BCUT2D eigenvalue weighted by molar-refractivity contribution is -0.111. The molecule has 0 atom stereocenters. The summed E-state index contributed by atoms with van der Waals surface area (Å²) in [4.78, 5) is 36.1. The molecule has 0 spiro atoms. The van der Waals surface area contributed by atoms with Crippen molar-refractivity contribution in [3.63, 3.8) is 0 Å². The molecule has 1 aliphatic heterocycles. The molecule has 1 amide bonds. The Hall–Kier alpha value is -3.80. The molecule has 2 aromatic heterocycles.